The largest absolute Gasteiger partial charge is 0.466 e. The van der Waals surface area contributed by atoms with Gasteiger partial charge in [0.25, 0.3) is 0 Å². The lowest BCUT2D eigenvalue weighted by Gasteiger charge is -1.95. The first-order valence-corrected chi connectivity index (χ1v) is 5.97. The van der Waals surface area contributed by atoms with Gasteiger partial charge in [0.1, 0.15) is 5.69 Å². The number of hydrogen-bond acceptors (Lipinski definition) is 4. The van der Waals surface area contributed by atoms with E-state index < -0.39 is 5.97 Å². The third-order valence-electron chi connectivity index (χ3n) is 2.53. The lowest BCUT2D eigenvalue weighted by atomic mass is 10.1. The molecule has 0 amide bonds. The van der Waals surface area contributed by atoms with Crippen molar-refractivity contribution in [1.29, 1.82) is 0 Å². The van der Waals surface area contributed by atoms with E-state index in [1.807, 2.05) is 12.1 Å². The van der Waals surface area contributed by atoms with E-state index in [1.165, 1.54) is 7.11 Å². The van der Waals surface area contributed by atoms with Crippen LogP contribution in [0.5, 0.6) is 0 Å². The quantitative estimate of drug-likeness (QED) is 0.636. The summed E-state index contributed by atoms with van der Waals surface area (Å²) in [5.41, 5.74) is 1.89. The van der Waals surface area contributed by atoms with E-state index in [4.69, 9.17) is 16.1 Å². The zero-order chi connectivity index (χ0) is 13.8. The average molecular weight is 278 g/mol. The third-order valence-corrected chi connectivity index (χ3v) is 2.78. The number of carbonyl (C=O) groups is 1. The third kappa shape index (κ3) is 3.23. The van der Waals surface area contributed by atoms with Gasteiger partial charge in [0.2, 0.25) is 0 Å². The van der Waals surface area contributed by atoms with E-state index in [9.17, 15) is 4.79 Å². The van der Waals surface area contributed by atoms with Crippen LogP contribution in [0.1, 0.15) is 12.6 Å². The maximum absolute atomic E-state index is 11.3. The highest BCUT2D eigenvalue weighted by Gasteiger charge is 2.08. The number of halogens is 1. The van der Waals surface area contributed by atoms with Crippen molar-refractivity contribution >= 4 is 23.6 Å². The zero-order valence-electron chi connectivity index (χ0n) is 10.5. The molecule has 5 heteroatoms. The van der Waals surface area contributed by atoms with Crippen LogP contribution in [0.4, 0.5) is 0 Å². The number of rotatable bonds is 3. The maximum Gasteiger partial charge on any atom is 0.333 e. The summed E-state index contributed by atoms with van der Waals surface area (Å²) in [6, 6.07) is 8.96. The number of esters is 1. The SMILES string of the molecule is COC(=O)/C(C)=C/c1cc(-c2ccc(Cl)cc2)on1. The van der Waals surface area contributed by atoms with E-state index in [0.717, 1.165) is 5.56 Å². The summed E-state index contributed by atoms with van der Waals surface area (Å²) in [6.07, 6.45) is 1.61. The molecule has 2 rings (SSSR count). The molecule has 0 atom stereocenters. The highest BCUT2D eigenvalue weighted by atomic mass is 35.5. The van der Waals surface area contributed by atoms with Crippen molar-refractivity contribution in [3.63, 3.8) is 0 Å². The summed E-state index contributed by atoms with van der Waals surface area (Å²) in [7, 11) is 1.33. The van der Waals surface area contributed by atoms with Gasteiger partial charge in [-0.3, -0.25) is 0 Å². The molecule has 0 saturated heterocycles. The van der Waals surface area contributed by atoms with Gasteiger partial charge >= 0.3 is 5.97 Å². The van der Waals surface area contributed by atoms with Crippen molar-refractivity contribution in [1.82, 2.24) is 5.16 Å². The Morgan fingerprint density at radius 2 is 2.05 bits per heavy atom. The maximum atomic E-state index is 11.3. The number of hydrogen-bond donors (Lipinski definition) is 0. The highest BCUT2D eigenvalue weighted by Crippen LogP contribution is 2.23. The van der Waals surface area contributed by atoms with Crippen molar-refractivity contribution in [2.45, 2.75) is 6.92 Å². The molecule has 4 nitrogen and oxygen atoms in total. The van der Waals surface area contributed by atoms with Crippen LogP contribution in [0.25, 0.3) is 17.4 Å². The number of methoxy groups -OCH3 is 1. The number of benzene rings is 1. The molecule has 1 heterocycles. The first-order valence-electron chi connectivity index (χ1n) is 5.59. The Labute approximate surface area is 115 Å². The molecule has 1 aromatic carbocycles. The summed E-state index contributed by atoms with van der Waals surface area (Å²) in [5.74, 6) is 0.219. The Balaban J connectivity index is 2.24. The van der Waals surface area contributed by atoms with Crippen molar-refractivity contribution in [3.8, 4) is 11.3 Å². The number of nitrogens with zero attached hydrogens (tertiary/aromatic N) is 1. The summed E-state index contributed by atoms with van der Waals surface area (Å²) in [4.78, 5) is 11.3. The van der Waals surface area contributed by atoms with E-state index in [1.54, 1.807) is 31.2 Å². The Bertz CT molecular complexity index is 614. The van der Waals surface area contributed by atoms with Gasteiger partial charge in [-0.25, -0.2) is 4.79 Å². The Hall–Kier alpha value is -2.07. The minimum Gasteiger partial charge on any atom is -0.466 e. The fraction of sp³-hybridized carbons (Fsp3) is 0.143. The second-order valence-corrected chi connectivity index (χ2v) is 4.38. The molecule has 19 heavy (non-hydrogen) atoms. The van der Waals surface area contributed by atoms with Gasteiger partial charge in [-0.2, -0.15) is 0 Å². The standard InChI is InChI=1S/C14H12ClNO3/c1-9(14(17)18-2)7-12-8-13(19-16-12)10-3-5-11(15)6-4-10/h3-8H,1-2H3/b9-7+. The van der Waals surface area contributed by atoms with E-state index >= 15 is 0 Å². The molecule has 0 bridgehead atoms. The smallest absolute Gasteiger partial charge is 0.333 e. The van der Waals surface area contributed by atoms with Gasteiger partial charge in [-0.1, -0.05) is 16.8 Å². The average Bonchev–Trinajstić information content (AvgIpc) is 2.87. The molecule has 0 unspecified atom stereocenters. The van der Waals surface area contributed by atoms with Crippen LogP contribution in [0.3, 0.4) is 0 Å². The van der Waals surface area contributed by atoms with Gasteiger partial charge < -0.3 is 9.26 Å². The van der Waals surface area contributed by atoms with Crippen molar-refractivity contribution in [2.24, 2.45) is 0 Å². The molecular weight excluding hydrogens is 266 g/mol. The molecule has 0 N–H and O–H groups in total. The van der Waals surface area contributed by atoms with Gasteiger partial charge in [0, 0.05) is 22.2 Å². The Morgan fingerprint density at radius 3 is 2.68 bits per heavy atom. The summed E-state index contributed by atoms with van der Waals surface area (Å²) in [5, 5.41) is 4.54. The molecule has 1 aromatic heterocycles. The molecule has 0 spiro atoms. The summed E-state index contributed by atoms with van der Waals surface area (Å²) in [6.45, 7) is 1.66. The van der Waals surface area contributed by atoms with Gasteiger partial charge in [-0.05, 0) is 37.3 Å². The predicted octanol–water partition coefficient (Wildman–Crippen LogP) is 3.57. The zero-order valence-corrected chi connectivity index (χ0v) is 11.3. The van der Waals surface area contributed by atoms with Crippen LogP contribution in [-0.4, -0.2) is 18.2 Å². The van der Waals surface area contributed by atoms with E-state index in [0.29, 0.717) is 22.0 Å². The van der Waals surface area contributed by atoms with Crippen LogP contribution in [0.2, 0.25) is 5.02 Å². The minimum absolute atomic E-state index is 0.393. The predicted molar refractivity (Wildman–Crippen MR) is 72.6 cm³/mol. The minimum atomic E-state index is -0.393. The molecule has 0 fully saturated rings. The first-order chi connectivity index (χ1) is 9.10. The molecule has 98 valence electrons. The number of ether oxygens (including phenoxy) is 1. The monoisotopic (exact) mass is 277 g/mol. The summed E-state index contributed by atoms with van der Waals surface area (Å²) >= 11 is 5.82. The molecule has 0 aliphatic rings. The molecule has 0 radical (unpaired) electrons. The molecule has 0 aliphatic carbocycles. The molecule has 0 aliphatic heterocycles. The molecular formula is C14H12ClNO3. The van der Waals surface area contributed by atoms with Crippen LogP contribution in [-0.2, 0) is 9.53 Å². The van der Waals surface area contributed by atoms with Crippen molar-refractivity contribution in [2.75, 3.05) is 7.11 Å². The fourth-order valence-electron chi connectivity index (χ4n) is 1.55. The number of aromatic nitrogens is 1. The topological polar surface area (TPSA) is 52.3 Å². The number of carbonyl (C=O) groups excluding carboxylic acids is 1. The lowest BCUT2D eigenvalue weighted by Crippen LogP contribution is -2.00. The first kappa shape index (κ1) is 13.4. The highest BCUT2D eigenvalue weighted by molar-refractivity contribution is 6.30. The summed E-state index contributed by atoms with van der Waals surface area (Å²) < 4.78 is 9.82. The fourth-order valence-corrected chi connectivity index (χ4v) is 1.67. The lowest BCUT2D eigenvalue weighted by molar-refractivity contribution is -0.135. The second kappa shape index (κ2) is 5.71. The van der Waals surface area contributed by atoms with Crippen LogP contribution in [0.15, 0.2) is 40.4 Å². The molecule has 0 saturated carbocycles. The van der Waals surface area contributed by atoms with Crippen LogP contribution < -0.4 is 0 Å². The van der Waals surface area contributed by atoms with Crippen LogP contribution in [0, 0.1) is 0 Å². The second-order valence-electron chi connectivity index (χ2n) is 3.94. The van der Waals surface area contributed by atoms with E-state index in [2.05, 4.69) is 9.89 Å². The van der Waals surface area contributed by atoms with Crippen LogP contribution >= 0.6 is 11.6 Å². The van der Waals surface area contributed by atoms with Gasteiger partial charge in [0.05, 0.1) is 7.11 Å². The van der Waals surface area contributed by atoms with Crippen molar-refractivity contribution in [3.05, 3.63) is 46.6 Å². The van der Waals surface area contributed by atoms with Gasteiger partial charge in [0.15, 0.2) is 5.76 Å². The van der Waals surface area contributed by atoms with Gasteiger partial charge in [-0.15, -0.1) is 0 Å². The Morgan fingerprint density at radius 1 is 1.37 bits per heavy atom. The van der Waals surface area contributed by atoms with Crippen molar-refractivity contribution < 1.29 is 14.1 Å². The Kier molecular flexibility index (Phi) is 4.02. The normalized spacial score (nSPS) is 11.4. The molecule has 2 aromatic rings. The van der Waals surface area contributed by atoms with E-state index in [-0.39, 0.29) is 0 Å².